The molecule has 0 heterocycles. The number of carbonyl (C=O) groups is 1. The molecule has 0 saturated carbocycles. The summed E-state index contributed by atoms with van der Waals surface area (Å²) in [7, 11) is 0. The first-order valence-corrected chi connectivity index (χ1v) is 4.32. The van der Waals surface area contributed by atoms with Crippen molar-refractivity contribution in [1.29, 1.82) is 0 Å². The summed E-state index contributed by atoms with van der Waals surface area (Å²) in [6.07, 6.45) is 5.58. The van der Waals surface area contributed by atoms with Crippen molar-refractivity contribution in [3.8, 4) is 12.3 Å². The quantitative estimate of drug-likeness (QED) is 0.423. The van der Waals surface area contributed by atoms with Crippen LogP contribution < -0.4 is 11.1 Å². The average Bonchev–Trinajstić information content (AvgIpc) is 2.18. The van der Waals surface area contributed by atoms with Crippen LogP contribution in [0.5, 0.6) is 0 Å². The Morgan fingerprint density at radius 1 is 1.50 bits per heavy atom. The van der Waals surface area contributed by atoms with Crippen LogP contribution in [0.4, 0.5) is 5.69 Å². The standard InChI is InChI=1S/C11H12N2O/c1-2-3-8-13-11(14)9-6-4-5-7-10(9)12/h1,4-7H,3,8,12H2,(H,13,14). The van der Waals surface area contributed by atoms with E-state index in [0.29, 0.717) is 24.2 Å². The molecule has 0 aliphatic carbocycles. The fraction of sp³-hybridized carbons (Fsp3) is 0.182. The monoisotopic (exact) mass is 188 g/mol. The summed E-state index contributed by atoms with van der Waals surface area (Å²) in [5.74, 6) is 2.26. The van der Waals surface area contributed by atoms with Crippen molar-refractivity contribution in [2.24, 2.45) is 0 Å². The molecule has 0 radical (unpaired) electrons. The van der Waals surface area contributed by atoms with Gasteiger partial charge in [0.15, 0.2) is 0 Å². The number of nitrogens with two attached hydrogens (primary N) is 1. The van der Waals surface area contributed by atoms with E-state index in [1.807, 2.05) is 0 Å². The maximum Gasteiger partial charge on any atom is 0.253 e. The van der Waals surface area contributed by atoms with Crippen molar-refractivity contribution in [3.05, 3.63) is 29.8 Å². The first kappa shape index (κ1) is 10.1. The summed E-state index contributed by atoms with van der Waals surface area (Å²) in [5, 5.41) is 2.68. The third-order valence-electron chi connectivity index (χ3n) is 1.76. The molecule has 0 aliphatic heterocycles. The van der Waals surface area contributed by atoms with Crippen molar-refractivity contribution >= 4 is 11.6 Å². The van der Waals surface area contributed by atoms with E-state index in [9.17, 15) is 4.79 Å². The lowest BCUT2D eigenvalue weighted by atomic mass is 10.1. The Bertz CT molecular complexity index is 366. The van der Waals surface area contributed by atoms with Crippen molar-refractivity contribution < 1.29 is 4.79 Å². The van der Waals surface area contributed by atoms with Crippen LogP contribution in [0.1, 0.15) is 16.8 Å². The van der Waals surface area contributed by atoms with Gasteiger partial charge in [0.05, 0.1) is 5.56 Å². The fourth-order valence-electron chi connectivity index (χ4n) is 1.05. The van der Waals surface area contributed by atoms with Gasteiger partial charge in [-0.1, -0.05) is 12.1 Å². The van der Waals surface area contributed by atoms with E-state index in [2.05, 4.69) is 11.2 Å². The van der Waals surface area contributed by atoms with Crippen molar-refractivity contribution in [2.45, 2.75) is 6.42 Å². The molecular formula is C11H12N2O. The summed E-state index contributed by atoms with van der Waals surface area (Å²) >= 11 is 0. The molecule has 3 N–H and O–H groups in total. The molecule has 0 bridgehead atoms. The zero-order valence-electron chi connectivity index (χ0n) is 7.79. The van der Waals surface area contributed by atoms with Crippen LogP contribution in [0, 0.1) is 12.3 Å². The third kappa shape index (κ3) is 2.53. The number of rotatable bonds is 3. The molecule has 1 aromatic rings. The highest BCUT2D eigenvalue weighted by atomic mass is 16.1. The fourth-order valence-corrected chi connectivity index (χ4v) is 1.05. The minimum Gasteiger partial charge on any atom is -0.398 e. The van der Waals surface area contributed by atoms with Gasteiger partial charge in [0.25, 0.3) is 5.91 Å². The summed E-state index contributed by atoms with van der Waals surface area (Å²) in [4.78, 5) is 11.5. The van der Waals surface area contributed by atoms with E-state index in [-0.39, 0.29) is 5.91 Å². The summed E-state index contributed by atoms with van der Waals surface area (Å²) < 4.78 is 0. The van der Waals surface area contributed by atoms with Gasteiger partial charge >= 0.3 is 0 Å². The molecule has 0 fully saturated rings. The number of benzene rings is 1. The lowest BCUT2D eigenvalue weighted by molar-refractivity contribution is 0.0955. The van der Waals surface area contributed by atoms with Crippen LogP contribution in [-0.4, -0.2) is 12.5 Å². The molecular weight excluding hydrogens is 176 g/mol. The molecule has 1 amide bonds. The van der Waals surface area contributed by atoms with Crippen LogP contribution in [0.15, 0.2) is 24.3 Å². The lowest BCUT2D eigenvalue weighted by Crippen LogP contribution is -2.24. The lowest BCUT2D eigenvalue weighted by Gasteiger charge is -2.05. The van der Waals surface area contributed by atoms with E-state index < -0.39 is 0 Å². The second-order valence-electron chi connectivity index (χ2n) is 2.80. The summed E-state index contributed by atoms with van der Waals surface area (Å²) in [6, 6.07) is 6.93. The minimum atomic E-state index is -0.182. The summed E-state index contributed by atoms with van der Waals surface area (Å²) in [5.41, 5.74) is 6.59. The number of anilines is 1. The van der Waals surface area contributed by atoms with E-state index in [4.69, 9.17) is 12.2 Å². The molecule has 72 valence electrons. The highest BCUT2D eigenvalue weighted by Crippen LogP contribution is 2.09. The molecule has 0 saturated heterocycles. The highest BCUT2D eigenvalue weighted by molar-refractivity contribution is 5.99. The summed E-state index contributed by atoms with van der Waals surface area (Å²) in [6.45, 7) is 0.476. The zero-order chi connectivity index (χ0) is 10.4. The van der Waals surface area contributed by atoms with Gasteiger partial charge in [-0.25, -0.2) is 0 Å². The van der Waals surface area contributed by atoms with Crippen LogP contribution in [0.25, 0.3) is 0 Å². The number of nitrogen functional groups attached to an aromatic ring is 1. The minimum absolute atomic E-state index is 0.182. The maximum atomic E-state index is 11.5. The Balaban J connectivity index is 2.62. The Morgan fingerprint density at radius 2 is 2.21 bits per heavy atom. The Morgan fingerprint density at radius 3 is 2.86 bits per heavy atom. The maximum absolute atomic E-state index is 11.5. The second kappa shape index (κ2) is 4.93. The largest absolute Gasteiger partial charge is 0.398 e. The zero-order valence-corrected chi connectivity index (χ0v) is 7.79. The van der Waals surface area contributed by atoms with Gasteiger partial charge in [-0.15, -0.1) is 12.3 Å². The highest BCUT2D eigenvalue weighted by Gasteiger charge is 2.06. The van der Waals surface area contributed by atoms with E-state index in [0.717, 1.165) is 0 Å². The van der Waals surface area contributed by atoms with Gasteiger partial charge in [0, 0.05) is 18.7 Å². The third-order valence-corrected chi connectivity index (χ3v) is 1.76. The van der Waals surface area contributed by atoms with Crippen LogP contribution in [0.3, 0.4) is 0 Å². The van der Waals surface area contributed by atoms with Crippen molar-refractivity contribution in [3.63, 3.8) is 0 Å². The number of para-hydroxylation sites is 1. The predicted octanol–water partition coefficient (Wildman–Crippen LogP) is 1.02. The number of carbonyl (C=O) groups excluding carboxylic acids is 1. The van der Waals surface area contributed by atoms with Crippen LogP contribution in [0.2, 0.25) is 0 Å². The molecule has 0 aliphatic rings. The number of amides is 1. The average molecular weight is 188 g/mol. The molecule has 0 unspecified atom stereocenters. The first-order chi connectivity index (χ1) is 6.75. The van der Waals surface area contributed by atoms with Gasteiger partial charge < -0.3 is 11.1 Å². The first-order valence-electron chi connectivity index (χ1n) is 4.32. The molecule has 0 aromatic heterocycles. The van der Waals surface area contributed by atoms with Crippen molar-refractivity contribution in [1.82, 2.24) is 5.32 Å². The number of terminal acetylenes is 1. The van der Waals surface area contributed by atoms with Crippen LogP contribution in [-0.2, 0) is 0 Å². The van der Waals surface area contributed by atoms with E-state index in [1.165, 1.54) is 0 Å². The topological polar surface area (TPSA) is 55.1 Å². The normalized spacial score (nSPS) is 9.07. The second-order valence-corrected chi connectivity index (χ2v) is 2.80. The van der Waals surface area contributed by atoms with Gasteiger partial charge in [-0.05, 0) is 12.1 Å². The van der Waals surface area contributed by atoms with Gasteiger partial charge in [-0.3, -0.25) is 4.79 Å². The Hall–Kier alpha value is -1.95. The van der Waals surface area contributed by atoms with Crippen LogP contribution >= 0.6 is 0 Å². The molecule has 0 atom stereocenters. The molecule has 3 nitrogen and oxygen atoms in total. The molecule has 1 aromatic carbocycles. The predicted molar refractivity (Wildman–Crippen MR) is 56.6 cm³/mol. The van der Waals surface area contributed by atoms with E-state index >= 15 is 0 Å². The number of nitrogens with one attached hydrogen (secondary N) is 1. The number of hydrogen-bond donors (Lipinski definition) is 2. The van der Waals surface area contributed by atoms with E-state index in [1.54, 1.807) is 24.3 Å². The molecule has 1 rings (SSSR count). The molecule has 0 spiro atoms. The molecule has 3 heteroatoms. The molecule has 14 heavy (non-hydrogen) atoms. The van der Waals surface area contributed by atoms with Crippen molar-refractivity contribution in [2.75, 3.05) is 12.3 Å². The van der Waals surface area contributed by atoms with Gasteiger partial charge in [-0.2, -0.15) is 0 Å². The SMILES string of the molecule is C#CCCNC(=O)c1ccccc1N. The van der Waals surface area contributed by atoms with Gasteiger partial charge in [0.2, 0.25) is 0 Å². The smallest absolute Gasteiger partial charge is 0.253 e. The number of hydrogen-bond acceptors (Lipinski definition) is 2. The Kier molecular flexibility index (Phi) is 3.57. The Labute approximate surface area is 83.3 Å². The van der Waals surface area contributed by atoms with Gasteiger partial charge in [0.1, 0.15) is 0 Å².